The molecule has 4 rings (SSSR count). The molecule has 0 fully saturated rings. The number of nitrogens with zero attached hydrogens (tertiary/aromatic N) is 3. The van der Waals surface area contributed by atoms with Gasteiger partial charge in [-0.1, -0.05) is 60.3 Å². The molecule has 0 bridgehead atoms. The highest BCUT2D eigenvalue weighted by atomic mass is 32.2. The van der Waals surface area contributed by atoms with Crippen LogP contribution in [-0.2, 0) is 17.4 Å². The number of alkyl halides is 3. The number of benzene rings is 2. The number of carbonyl (C=O) groups is 1. The Bertz CT molecular complexity index is 1100. The van der Waals surface area contributed by atoms with Crippen LogP contribution in [0.2, 0.25) is 0 Å². The van der Waals surface area contributed by atoms with E-state index in [1.807, 2.05) is 31.2 Å². The molecule has 2 atom stereocenters. The van der Waals surface area contributed by atoms with Crippen molar-refractivity contribution in [3.8, 4) is 11.3 Å². The van der Waals surface area contributed by atoms with Crippen LogP contribution in [0.25, 0.3) is 11.3 Å². The van der Waals surface area contributed by atoms with E-state index in [2.05, 4.69) is 9.97 Å². The van der Waals surface area contributed by atoms with Gasteiger partial charge in [-0.15, -0.1) is 0 Å². The van der Waals surface area contributed by atoms with Gasteiger partial charge in [-0.05, 0) is 38.0 Å². The first-order chi connectivity index (χ1) is 14.7. The van der Waals surface area contributed by atoms with Crippen molar-refractivity contribution in [2.45, 2.75) is 42.9 Å². The zero-order valence-electron chi connectivity index (χ0n) is 16.9. The van der Waals surface area contributed by atoms with Crippen molar-refractivity contribution >= 4 is 23.4 Å². The predicted molar refractivity (Wildman–Crippen MR) is 115 cm³/mol. The molecular formula is C23H20F3N3OS. The van der Waals surface area contributed by atoms with Gasteiger partial charge >= 0.3 is 6.18 Å². The average molecular weight is 443 g/mol. The molecule has 1 aliphatic heterocycles. The summed E-state index contributed by atoms with van der Waals surface area (Å²) < 4.78 is 40.3. The molecule has 0 saturated heterocycles. The molecule has 2 heterocycles. The SMILES string of the molecule is C[C@H](Sc1nc(-c2ccccc2)cc(C(F)(F)F)n1)C(=O)N1c2ccccc2C[C@H]1C. The van der Waals surface area contributed by atoms with Crippen LogP contribution in [0.15, 0.2) is 65.8 Å². The van der Waals surface area contributed by atoms with E-state index in [0.717, 1.165) is 35.5 Å². The maximum absolute atomic E-state index is 13.4. The fourth-order valence-electron chi connectivity index (χ4n) is 3.69. The lowest BCUT2D eigenvalue weighted by molar-refractivity contribution is -0.141. The fraction of sp³-hybridized carbons (Fsp3) is 0.261. The van der Waals surface area contributed by atoms with E-state index in [1.54, 1.807) is 42.2 Å². The monoisotopic (exact) mass is 443 g/mol. The molecule has 0 radical (unpaired) electrons. The van der Waals surface area contributed by atoms with Crippen LogP contribution >= 0.6 is 11.8 Å². The Morgan fingerprint density at radius 3 is 2.48 bits per heavy atom. The van der Waals surface area contributed by atoms with Crippen LogP contribution in [0.3, 0.4) is 0 Å². The molecule has 1 amide bonds. The zero-order chi connectivity index (χ0) is 22.2. The minimum absolute atomic E-state index is 0.0183. The quantitative estimate of drug-likeness (QED) is 0.388. The number of hydrogen-bond acceptors (Lipinski definition) is 4. The van der Waals surface area contributed by atoms with Crippen molar-refractivity contribution in [1.82, 2.24) is 9.97 Å². The number of para-hydroxylation sites is 1. The van der Waals surface area contributed by atoms with Gasteiger partial charge < -0.3 is 4.90 Å². The van der Waals surface area contributed by atoms with Crippen molar-refractivity contribution < 1.29 is 18.0 Å². The Kier molecular flexibility index (Phi) is 5.75. The summed E-state index contributed by atoms with van der Waals surface area (Å²) in [5.41, 5.74) is 1.64. The van der Waals surface area contributed by atoms with Gasteiger partial charge in [0.15, 0.2) is 5.16 Å². The molecule has 0 unspecified atom stereocenters. The topological polar surface area (TPSA) is 46.1 Å². The highest BCUT2D eigenvalue weighted by Crippen LogP contribution is 2.36. The minimum Gasteiger partial charge on any atom is -0.308 e. The second kappa shape index (κ2) is 8.34. The summed E-state index contributed by atoms with van der Waals surface area (Å²) in [6.07, 6.45) is -3.87. The van der Waals surface area contributed by atoms with Crippen LogP contribution in [0.4, 0.5) is 18.9 Å². The van der Waals surface area contributed by atoms with Crippen molar-refractivity contribution in [2.75, 3.05) is 4.90 Å². The van der Waals surface area contributed by atoms with Gasteiger partial charge in [-0.3, -0.25) is 4.79 Å². The summed E-state index contributed by atoms with van der Waals surface area (Å²) in [5.74, 6) is -0.176. The molecule has 31 heavy (non-hydrogen) atoms. The Hall–Kier alpha value is -2.87. The summed E-state index contributed by atoms with van der Waals surface area (Å²) in [5, 5.41) is -0.727. The Labute approximate surface area is 182 Å². The number of rotatable bonds is 4. The number of hydrogen-bond donors (Lipinski definition) is 0. The van der Waals surface area contributed by atoms with Gasteiger partial charge in [0.2, 0.25) is 5.91 Å². The van der Waals surface area contributed by atoms with E-state index in [9.17, 15) is 18.0 Å². The Balaban J connectivity index is 1.63. The molecule has 4 nitrogen and oxygen atoms in total. The summed E-state index contributed by atoms with van der Waals surface area (Å²) in [6.45, 7) is 3.63. The molecular weight excluding hydrogens is 423 g/mol. The highest BCUT2D eigenvalue weighted by Gasteiger charge is 2.36. The lowest BCUT2D eigenvalue weighted by Gasteiger charge is -2.25. The van der Waals surface area contributed by atoms with Crippen LogP contribution in [0, 0.1) is 0 Å². The van der Waals surface area contributed by atoms with E-state index in [1.165, 1.54) is 0 Å². The van der Waals surface area contributed by atoms with Crippen molar-refractivity contribution in [2.24, 2.45) is 0 Å². The normalized spacial score (nSPS) is 16.8. The Morgan fingerprint density at radius 1 is 1.10 bits per heavy atom. The standard InChI is InChI=1S/C23H20F3N3OS/c1-14-12-17-10-6-7-11-19(17)29(14)21(30)15(2)31-22-27-18(16-8-4-3-5-9-16)13-20(28-22)23(24,25)26/h3-11,13-15H,12H2,1-2H3/t14-,15+/m1/s1. The third kappa shape index (κ3) is 4.44. The van der Waals surface area contributed by atoms with Crippen molar-refractivity contribution in [1.29, 1.82) is 0 Å². The third-order valence-corrected chi connectivity index (χ3v) is 6.09. The first-order valence-electron chi connectivity index (χ1n) is 9.83. The lowest BCUT2D eigenvalue weighted by atomic mass is 10.1. The van der Waals surface area contributed by atoms with Crippen LogP contribution in [-0.4, -0.2) is 27.2 Å². The summed E-state index contributed by atoms with van der Waals surface area (Å²) in [4.78, 5) is 22.9. The van der Waals surface area contributed by atoms with Crippen LogP contribution < -0.4 is 4.90 Å². The highest BCUT2D eigenvalue weighted by molar-refractivity contribution is 8.00. The molecule has 0 saturated carbocycles. The van der Waals surface area contributed by atoms with E-state index in [4.69, 9.17) is 0 Å². The fourth-order valence-corrected chi connectivity index (χ4v) is 4.52. The van der Waals surface area contributed by atoms with Gasteiger partial charge in [-0.2, -0.15) is 13.2 Å². The summed E-state index contributed by atoms with van der Waals surface area (Å²) in [6, 6.07) is 17.2. The summed E-state index contributed by atoms with van der Waals surface area (Å²) >= 11 is 0.941. The zero-order valence-corrected chi connectivity index (χ0v) is 17.7. The molecule has 0 spiro atoms. The van der Waals surface area contributed by atoms with Gasteiger partial charge in [0.1, 0.15) is 5.69 Å². The number of fused-ring (bicyclic) bond motifs is 1. The number of anilines is 1. The number of halogens is 3. The number of aromatic nitrogens is 2. The van der Waals surface area contributed by atoms with Gasteiger partial charge in [-0.25, -0.2) is 9.97 Å². The smallest absolute Gasteiger partial charge is 0.308 e. The van der Waals surface area contributed by atoms with E-state index in [0.29, 0.717) is 5.56 Å². The molecule has 1 aliphatic rings. The van der Waals surface area contributed by atoms with E-state index in [-0.39, 0.29) is 22.8 Å². The predicted octanol–water partition coefficient (Wildman–Crippen LogP) is 5.62. The minimum atomic E-state index is -4.61. The van der Waals surface area contributed by atoms with Crippen LogP contribution in [0.1, 0.15) is 25.1 Å². The first-order valence-corrected chi connectivity index (χ1v) is 10.7. The summed E-state index contributed by atoms with van der Waals surface area (Å²) in [7, 11) is 0. The lowest BCUT2D eigenvalue weighted by Crippen LogP contribution is -2.40. The van der Waals surface area contributed by atoms with E-state index >= 15 is 0 Å². The molecule has 0 N–H and O–H groups in total. The second-order valence-corrected chi connectivity index (χ2v) is 8.74. The molecule has 1 aromatic heterocycles. The molecule has 160 valence electrons. The Morgan fingerprint density at radius 2 is 1.77 bits per heavy atom. The second-order valence-electron chi connectivity index (χ2n) is 7.43. The van der Waals surface area contributed by atoms with Crippen LogP contribution in [0.5, 0.6) is 0 Å². The average Bonchev–Trinajstić information content (AvgIpc) is 3.08. The van der Waals surface area contributed by atoms with Gasteiger partial charge in [0, 0.05) is 17.3 Å². The van der Waals surface area contributed by atoms with E-state index < -0.39 is 17.1 Å². The van der Waals surface area contributed by atoms with Gasteiger partial charge in [0.25, 0.3) is 0 Å². The molecule has 8 heteroatoms. The van der Waals surface area contributed by atoms with Crippen molar-refractivity contribution in [3.63, 3.8) is 0 Å². The maximum Gasteiger partial charge on any atom is 0.433 e. The van der Waals surface area contributed by atoms with Gasteiger partial charge in [0.05, 0.1) is 10.9 Å². The largest absolute Gasteiger partial charge is 0.433 e. The maximum atomic E-state index is 13.4. The number of amides is 1. The first kappa shape index (κ1) is 21.4. The number of thioether (sulfide) groups is 1. The molecule has 0 aliphatic carbocycles. The van der Waals surface area contributed by atoms with Crippen molar-refractivity contribution in [3.05, 3.63) is 71.9 Å². The number of carbonyl (C=O) groups excluding carboxylic acids is 1. The third-order valence-electron chi connectivity index (χ3n) is 5.14. The molecule has 2 aromatic carbocycles. The molecule has 3 aromatic rings.